The molecule has 0 aromatic heterocycles. The lowest BCUT2D eigenvalue weighted by atomic mass is 10.0. The highest BCUT2D eigenvalue weighted by molar-refractivity contribution is 9.09. The molecular weight excluding hydrogens is 278 g/mol. The van der Waals surface area contributed by atoms with Crippen LogP contribution in [0, 0.1) is 19.8 Å². The number of carbonyl (C=O) groups is 1. The lowest BCUT2D eigenvalue weighted by molar-refractivity contribution is 0.0931. The molecule has 1 unspecified atom stereocenters. The zero-order chi connectivity index (χ0) is 13.0. The van der Waals surface area contributed by atoms with Crippen molar-refractivity contribution in [1.82, 2.24) is 5.32 Å². The number of carbonyl (C=O) groups excluding carboxylic acids is 1. The molecule has 0 radical (unpaired) electrons. The molecule has 1 atom stereocenters. The van der Waals surface area contributed by atoms with Gasteiger partial charge in [-0.05, 0) is 43.0 Å². The average molecular weight is 298 g/mol. The van der Waals surface area contributed by atoms with E-state index in [1.165, 1.54) is 5.56 Å². The van der Waals surface area contributed by atoms with Crippen LogP contribution in [0.15, 0.2) is 18.2 Å². The Bertz CT molecular complexity index is 401. The Balaban J connectivity index is 2.79. The molecule has 1 rings (SSSR count). The van der Waals surface area contributed by atoms with E-state index in [0.717, 1.165) is 16.5 Å². The van der Waals surface area contributed by atoms with Crippen LogP contribution >= 0.6 is 15.9 Å². The second-order valence-electron chi connectivity index (χ2n) is 4.78. The minimum Gasteiger partial charge on any atom is -0.348 e. The molecule has 0 saturated heterocycles. The van der Waals surface area contributed by atoms with E-state index >= 15 is 0 Å². The molecule has 0 heterocycles. The Morgan fingerprint density at radius 1 is 1.29 bits per heavy atom. The van der Waals surface area contributed by atoms with Gasteiger partial charge in [0.05, 0.1) is 0 Å². The molecule has 94 valence electrons. The third-order valence-corrected chi connectivity index (χ3v) is 3.75. The zero-order valence-corrected chi connectivity index (χ0v) is 12.5. The summed E-state index contributed by atoms with van der Waals surface area (Å²) in [6.45, 7) is 8.28. The van der Waals surface area contributed by atoms with Gasteiger partial charge in [0.2, 0.25) is 0 Å². The smallest absolute Gasteiger partial charge is 0.251 e. The molecule has 0 aliphatic rings. The molecule has 17 heavy (non-hydrogen) atoms. The van der Waals surface area contributed by atoms with E-state index in [4.69, 9.17) is 0 Å². The van der Waals surface area contributed by atoms with E-state index in [-0.39, 0.29) is 11.9 Å². The lowest BCUT2D eigenvalue weighted by Gasteiger charge is -2.20. The molecule has 0 spiro atoms. The van der Waals surface area contributed by atoms with Gasteiger partial charge >= 0.3 is 0 Å². The summed E-state index contributed by atoms with van der Waals surface area (Å²) in [5.74, 6) is 0.427. The fraction of sp³-hybridized carbons (Fsp3) is 0.500. The van der Waals surface area contributed by atoms with Crippen LogP contribution < -0.4 is 5.32 Å². The predicted octanol–water partition coefficient (Wildman–Crippen LogP) is 3.45. The Labute approximate surface area is 112 Å². The van der Waals surface area contributed by atoms with Gasteiger partial charge in [-0.15, -0.1) is 0 Å². The molecule has 1 amide bonds. The molecule has 0 aliphatic carbocycles. The van der Waals surface area contributed by atoms with E-state index in [1.807, 2.05) is 32.0 Å². The number of amides is 1. The van der Waals surface area contributed by atoms with Crippen molar-refractivity contribution in [2.75, 3.05) is 5.33 Å². The minimum atomic E-state index is 0.00579. The monoisotopic (exact) mass is 297 g/mol. The maximum atomic E-state index is 12.1. The zero-order valence-electron chi connectivity index (χ0n) is 10.9. The summed E-state index contributed by atoms with van der Waals surface area (Å²) in [7, 11) is 0. The average Bonchev–Trinajstić information content (AvgIpc) is 2.28. The van der Waals surface area contributed by atoms with Crippen LogP contribution in [-0.2, 0) is 0 Å². The lowest BCUT2D eigenvalue weighted by Crippen LogP contribution is -2.39. The predicted molar refractivity (Wildman–Crippen MR) is 75.8 cm³/mol. The van der Waals surface area contributed by atoms with E-state index in [9.17, 15) is 4.79 Å². The van der Waals surface area contributed by atoms with Crippen LogP contribution in [0.1, 0.15) is 35.3 Å². The maximum Gasteiger partial charge on any atom is 0.251 e. The molecular formula is C14H20BrNO. The number of alkyl halides is 1. The van der Waals surface area contributed by atoms with Crippen molar-refractivity contribution < 1.29 is 4.79 Å². The summed E-state index contributed by atoms with van der Waals surface area (Å²) in [6, 6.07) is 5.98. The van der Waals surface area contributed by atoms with Gasteiger partial charge in [0.25, 0.3) is 5.91 Å². The highest BCUT2D eigenvalue weighted by Gasteiger charge is 2.15. The number of rotatable bonds is 4. The number of aryl methyl sites for hydroxylation is 2. The second-order valence-corrected chi connectivity index (χ2v) is 5.42. The quantitative estimate of drug-likeness (QED) is 0.848. The number of benzene rings is 1. The summed E-state index contributed by atoms with van der Waals surface area (Å²) in [5.41, 5.74) is 3.10. The second kappa shape index (κ2) is 6.20. The van der Waals surface area contributed by atoms with E-state index < -0.39 is 0 Å². The summed E-state index contributed by atoms with van der Waals surface area (Å²) in [4.78, 5) is 12.1. The van der Waals surface area contributed by atoms with Crippen molar-refractivity contribution in [3.8, 4) is 0 Å². The van der Waals surface area contributed by atoms with Gasteiger partial charge in [-0.3, -0.25) is 4.79 Å². The molecule has 0 fully saturated rings. The molecule has 1 N–H and O–H groups in total. The van der Waals surface area contributed by atoms with Crippen molar-refractivity contribution in [3.05, 3.63) is 34.9 Å². The van der Waals surface area contributed by atoms with E-state index in [2.05, 4.69) is 35.1 Å². The van der Waals surface area contributed by atoms with Gasteiger partial charge in [0.1, 0.15) is 0 Å². The Morgan fingerprint density at radius 3 is 2.41 bits per heavy atom. The summed E-state index contributed by atoms with van der Waals surface area (Å²) in [6.07, 6.45) is 0. The third kappa shape index (κ3) is 3.84. The number of halogens is 1. The fourth-order valence-electron chi connectivity index (χ4n) is 1.52. The van der Waals surface area contributed by atoms with Gasteiger partial charge in [-0.2, -0.15) is 0 Å². The van der Waals surface area contributed by atoms with Gasteiger partial charge in [0, 0.05) is 16.9 Å². The van der Waals surface area contributed by atoms with Gasteiger partial charge < -0.3 is 5.32 Å². The van der Waals surface area contributed by atoms with E-state index in [0.29, 0.717) is 5.92 Å². The first-order valence-electron chi connectivity index (χ1n) is 5.89. The highest BCUT2D eigenvalue weighted by Crippen LogP contribution is 2.11. The third-order valence-electron chi connectivity index (χ3n) is 3.06. The molecule has 0 bridgehead atoms. The molecule has 3 heteroatoms. The molecule has 0 aliphatic heterocycles. The van der Waals surface area contributed by atoms with Crippen molar-refractivity contribution in [3.63, 3.8) is 0 Å². The van der Waals surface area contributed by atoms with Crippen LogP contribution in [0.25, 0.3) is 0 Å². The summed E-state index contributed by atoms with van der Waals surface area (Å²) >= 11 is 3.43. The van der Waals surface area contributed by atoms with Crippen LogP contribution in [0.4, 0.5) is 0 Å². The SMILES string of the molecule is Cc1ccc(C(=O)NC(CBr)C(C)C)cc1C. The minimum absolute atomic E-state index is 0.00579. The fourth-order valence-corrected chi connectivity index (χ4v) is 2.43. The van der Waals surface area contributed by atoms with Crippen molar-refractivity contribution in [2.45, 2.75) is 33.7 Å². The molecule has 1 aromatic rings. The summed E-state index contributed by atoms with van der Waals surface area (Å²) in [5, 5.41) is 3.82. The molecule has 0 saturated carbocycles. The normalized spacial score (nSPS) is 12.6. The van der Waals surface area contributed by atoms with Crippen molar-refractivity contribution in [2.24, 2.45) is 5.92 Å². The van der Waals surface area contributed by atoms with Gasteiger partial charge in [-0.1, -0.05) is 35.8 Å². The van der Waals surface area contributed by atoms with Crippen LogP contribution in [0.3, 0.4) is 0 Å². The Kier molecular flexibility index (Phi) is 5.19. The first kappa shape index (κ1) is 14.2. The van der Waals surface area contributed by atoms with Crippen LogP contribution in [0.5, 0.6) is 0 Å². The van der Waals surface area contributed by atoms with Crippen molar-refractivity contribution in [1.29, 1.82) is 0 Å². The van der Waals surface area contributed by atoms with Crippen molar-refractivity contribution >= 4 is 21.8 Å². The standard InChI is InChI=1S/C14H20BrNO/c1-9(2)13(8-15)16-14(17)12-6-5-10(3)11(4)7-12/h5-7,9,13H,8H2,1-4H3,(H,16,17). The van der Waals surface area contributed by atoms with Crippen LogP contribution in [-0.4, -0.2) is 17.3 Å². The number of hydrogen-bond acceptors (Lipinski definition) is 1. The Morgan fingerprint density at radius 2 is 1.94 bits per heavy atom. The topological polar surface area (TPSA) is 29.1 Å². The highest BCUT2D eigenvalue weighted by atomic mass is 79.9. The summed E-state index contributed by atoms with van der Waals surface area (Å²) < 4.78 is 0. The number of nitrogens with one attached hydrogen (secondary N) is 1. The van der Waals surface area contributed by atoms with Crippen LogP contribution in [0.2, 0.25) is 0 Å². The largest absolute Gasteiger partial charge is 0.348 e. The van der Waals surface area contributed by atoms with Gasteiger partial charge in [0.15, 0.2) is 0 Å². The Hall–Kier alpha value is -0.830. The molecule has 1 aromatic carbocycles. The first-order valence-corrected chi connectivity index (χ1v) is 7.02. The maximum absolute atomic E-state index is 12.1. The molecule has 2 nitrogen and oxygen atoms in total. The van der Waals surface area contributed by atoms with E-state index in [1.54, 1.807) is 0 Å². The van der Waals surface area contributed by atoms with Gasteiger partial charge in [-0.25, -0.2) is 0 Å². The first-order chi connectivity index (χ1) is 7.95. The number of hydrogen-bond donors (Lipinski definition) is 1.